The van der Waals surface area contributed by atoms with E-state index < -0.39 is 35.9 Å². The van der Waals surface area contributed by atoms with Crippen molar-refractivity contribution in [2.24, 2.45) is 0 Å². The van der Waals surface area contributed by atoms with Crippen LogP contribution in [0.1, 0.15) is 17.7 Å². The monoisotopic (exact) mass is 422 g/mol. The molecule has 2 atom stereocenters. The van der Waals surface area contributed by atoms with Gasteiger partial charge in [-0.3, -0.25) is 9.78 Å². The zero-order valence-corrected chi connectivity index (χ0v) is 15.1. The van der Waals surface area contributed by atoms with Crippen molar-refractivity contribution in [1.82, 2.24) is 20.6 Å². The van der Waals surface area contributed by atoms with E-state index in [-0.39, 0.29) is 43.2 Å². The van der Waals surface area contributed by atoms with Crippen LogP contribution in [0.3, 0.4) is 0 Å². The molecule has 1 aliphatic heterocycles. The van der Waals surface area contributed by atoms with Crippen molar-refractivity contribution in [3.8, 4) is 11.3 Å². The number of alkyl halides is 4. The molecular formula is C17H16ClF5N4O. The molecule has 0 radical (unpaired) electrons. The lowest BCUT2D eigenvalue weighted by molar-refractivity contribution is -0.141. The minimum Gasteiger partial charge on any atom is -0.351 e. The number of aromatic nitrogens is 2. The molecule has 1 amide bonds. The summed E-state index contributed by atoms with van der Waals surface area (Å²) in [5.74, 6) is -1.26. The van der Waals surface area contributed by atoms with Crippen LogP contribution in [0.2, 0.25) is 0 Å². The Labute approximate surface area is 163 Å². The van der Waals surface area contributed by atoms with E-state index >= 15 is 0 Å². The van der Waals surface area contributed by atoms with Crippen molar-refractivity contribution in [3.63, 3.8) is 0 Å². The fraction of sp³-hybridized carbons (Fsp3) is 0.353. The number of halogens is 6. The Morgan fingerprint density at radius 1 is 1.29 bits per heavy atom. The molecule has 28 heavy (non-hydrogen) atoms. The zero-order chi connectivity index (χ0) is 19.6. The maximum absolute atomic E-state index is 13.8. The van der Waals surface area contributed by atoms with E-state index in [9.17, 15) is 26.7 Å². The normalized spacial score (nSPS) is 19.2. The van der Waals surface area contributed by atoms with Gasteiger partial charge in [-0.1, -0.05) is 0 Å². The minimum absolute atomic E-state index is 0. The molecule has 1 aliphatic rings. The molecule has 5 nitrogen and oxygen atoms in total. The van der Waals surface area contributed by atoms with Gasteiger partial charge >= 0.3 is 6.18 Å². The van der Waals surface area contributed by atoms with Crippen molar-refractivity contribution in [2.75, 3.05) is 6.54 Å². The largest absolute Gasteiger partial charge is 0.433 e. The molecule has 0 spiro atoms. The second kappa shape index (κ2) is 8.78. The summed E-state index contributed by atoms with van der Waals surface area (Å²) in [6.45, 7) is 0.0709. The third kappa shape index (κ3) is 5.35. The first kappa shape index (κ1) is 22.0. The number of nitrogens with one attached hydrogen (secondary N) is 2. The molecule has 1 fully saturated rings. The van der Waals surface area contributed by atoms with E-state index in [1.54, 1.807) is 0 Å². The molecule has 1 saturated heterocycles. The summed E-state index contributed by atoms with van der Waals surface area (Å²) in [6.07, 6.45) is -4.63. The van der Waals surface area contributed by atoms with Gasteiger partial charge in [0.25, 0.3) is 0 Å². The Morgan fingerprint density at radius 3 is 2.61 bits per heavy atom. The van der Waals surface area contributed by atoms with Gasteiger partial charge in [0.2, 0.25) is 11.9 Å². The lowest BCUT2D eigenvalue weighted by atomic mass is 10.1. The van der Waals surface area contributed by atoms with Gasteiger partial charge in [0.1, 0.15) is 11.9 Å². The Morgan fingerprint density at radius 2 is 2.04 bits per heavy atom. The summed E-state index contributed by atoms with van der Waals surface area (Å²) < 4.78 is 64.6. The fourth-order valence-corrected chi connectivity index (χ4v) is 2.72. The van der Waals surface area contributed by atoms with E-state index in [0.29, 0.717) is 5.56 Å². The molecular weight excluding hydrogens is 407 g/mol. The van der Waals surface area contributed by atoms with Crippen LogP contribution >= 0.6 is 12.4 Å². The number of carbonyl (C=O) groups excluding carboxylic acids is 1. The molecule has 152 valence electrons. The molecule has 2 aromatic rings. The predicted molar refractivity (Wildman–Crippen MR) is 92.8 cm³/mol. The SMILES string of the molecule is Cl.O=C(NCc1cc(F)nc(-c2ccc(C(F)(F)F)nc2)c1)[C@H]1C[C@@H](F)CN1. The molecule has 0 bridgehead atoms. The highest BCUT2D eigenvalue weighted by Crippen LogP contribution is 2.28. The van der Waals surface area contributed by atoms with Crippen LogP contribution in [-0.4, -0.2) is 34.6 Å². The van der Waals surface area contributed by atoms with Crippen LogP contribution in [-0.2, 0) is 17.5 Å². The number of hydrogen-bond acceptors (Lipinski definition) is 4. The number of carbonyl (C=O) groups is 1. The van der Waals surface area contributed by atoms with Crippen molar-refractivity contribution >= 4 is 18.3 Å². The van der Waals surface area contributed by atoms with Gasteiger partial charge < -0.3 is 10.6 Å². The first-order valence-corrected chi connectivity index (χ1v) is 8.07. The molecule has 0 saturated carbocycles. The molecule has 2 aromatic heterocycles. The van der Waals surface area contributed by atoms with Crippen LogP contribution in [0, 0.1) is 5.95 Å². The molecule has 3 rings (SSSR count). The predicted octanol–water partition coefficient (Wildman–Crippen LogP) is 3.04. The van der Waals surface area contributed by atoms with Crippen LogP contribution in [0.25, 0.3) is 11.3 Å². The highest BCUT2D eigenvalue weighted by atomic mass is 35.5. The highest BCUT2D eigenvalue weighted by molar-refractivity contribution is 5.85. The van der Waals surface area contributed by atoms with Gasteiger partial charge in [-0.05, 0) is 29.8 Å². The fourth-order valence-electron chi connectivity index (χ4n) is 2.72. The Hall–Kier alpha value is -2.33. The number of hydrogen-bond donors (Lipinski definition) is 2. The Kier molecular flexibility index (Phi) is 6.89. The van der Waals surface area contributed by atoms with E-state index in [1.807, 2.05) is 0 Å². The molecule has 3 heterocycles. The van der Waals surface area contributed by atoms with Crippen LogP contribution < -0.4 is 10.6 Å². The average molecular weight is 423 g/mol. The van der Waals surface area contributed by atoms with Gasteiger partial charge in [-0.25, -0.2) is 9.37 Å². The number of amides is 1. The highest BCUT2D eigenvalue weighted by Gasteiger charge is 2.32. The summed E-state index contributed by atoms with van der Waals surface area (Å²) in [7, 11) is 0. The third-order valence-corrected chi connectivity index (χ3v) is 4.06. The summed E-state index contributed by atoms with van der Waals surface area (Å²) >= 11 is 0. The second-order valence-electron chi connectivity index (χ2n) is 6.12. The van der Waals surface area contributed by atoms with Crippen molar-refractivity contribution in [3.05, 3.63) is 47.7 Å². The van der Waals surface area contributed by atoms with Crippen molar-refractivity contribution < 1.29 is 26.7 Å². The molecule has 11 heteroatoms. The van der Waals surface area contributed by atoms with E-state index in [2.05, 4.69) is 20.6 Å². The number of pyridine rings is 2. The smallest absolute Gasteiger partial charge is 0.351 e. The summed E-state index contributed by atoms with van der Waals surface area (Å²) in [5, 5.41) is 5.30. The van der Waals surface area contributed by atoms with Crippen molar-refractivity contribution in [1.29, 1.82) is 0 Å². The third-order valence-electron chi connectivity index (χ3n) is 4.06. The van der Waals surface area contributed by atoms with Crippen molar-refractivity contribution in [2.45, 2.75) is 31.4 Å². The molecule has 0 aromatic carbocycles. The van der Waals surface area contributed by atoms with Crippen LogP contribution in [0.15, 0.2) is 30.5 Å². The van der Waals surface area contributed by atoms with Gasteiger partial charge in [0, 0.05) is 31.3 Å². The maximum Gasteiger partial charge on any atom is 0.433 e. The maximum atomic E-state index is 13.8. The van der Waals surface area contributed by atoms with E-state index in [1.165, 1.54) is 6.07 Å². The number of rotatable bonds is 4. The quantitative estimate of drug-likeness (QED) is 0.587. The van der Waals surface area contributed by atoms with Crippen LogP contribution in [0.5, 0.6) is 0 Å². The lowest BCUT2D eigenvalue weighted by Crippen LogP contribution is -2.40. The molecule has 0 aliphatic carbocycles. The molecule has 0 unspecified atom stereocenters. The van der Waals surface area contributed by atoms with E-state index in [4.69, 9.17) is 0 Å². The van der Waals surface area contributed by atoms with Crippen LogP contribution in [0.4, 0.5) is 22.0 Å². The van der Waals surface area contributed by atoms with Gasteiger partial charge in [0.15, 0.2) is 0 Å². The van der Waals surface area contributed by atoms with Gasteiger partial charge in [0.05, 0.1) is 11.7 Å². The minimum atomic E-state index is -4.57. The Bertz CT molecular complexity index is 831. The van der Waals surface area contributed by atoms with E-state index in [0.717, 1.165) is 24.4 Å². The lowest BCUT2D eigenvalue weighted by Gasteiger charge is -2.12. The standard InChI is InChI=1S/C17H15F5N4O.ClH/c18-11-5-13(23-8-11)16(27)25-6-9-3-12(26-15(19)4-9)10-1-2-14(24-7-10)17(20,21)22;/h1-4,7,11,13,23H,5-6,8H2,(H,25,27);1H/t11-,13-;/m1./s1. The first-order valence-electron chi connectivity index (χ1n) is 8.07. The summed E-state index contributed by atoms with van der Waals surface area (Å²) in [4.78, 5) is 18.9. The summed E-state index contributed by atoms with van der Waals surface area (Å²) in [6, 6.07) is 3.81. The summed E-state index contributed by atoms with van der Waals surface area (Å²) in [5.41, 5.74) is -0.415. The second-order valence-corrected chi connectivity index (χ2v) is 6.12. The average Bonchev–Trinajstić information content (AvgIpc) is 3.05. The number of nitrogens with zero attached hydrogens (tertiary/aromatic N) is 2. The van der Waals surface area contributed by atoms with Gasteiger partial charge in [-0.2, -0.15) is 17.6 Å². The first-order chi connectivity index (χ1) is 12.7. The zero-order valence-electron chi connectivity index (χ0n) is 14.3. The molecule has 2 N–H and O–H groups in total. The Balaban J connectivity index is 0.00000280. The van der Waals surface area contributed by atoms with Gasteiger partial charge in [-0.15, -0.1) is 12.4 Å². The topological polar surface area (TPSA) is 66.9 Å².